The number of nitrogens with two attached hydrogens (primary N) is 1. The van der Waals surface area contributed by atoms with Crippen molar-refractivity contribution in [2.45, 2.75) is 25.7 Å². The topological polar surface area (TPSA) is 122 Å². The van der Waals surface area contributed by atoms with Crippen molar-refractivity contribution >= 4 is 29.1 Å². The van der Waals surface area contributed by atoms with Gasteiger partial charge >= 0.3 is 0 Å². The lowest BCUT2D eigenvalue weighted by Crippen LogP contribution is -2.39. The number of amides is 3. The van der Waals surface area contributed by atoms with Crippen LogP contribution in [0, 0.1) is 0 Å². The van der Waals surface area contributed by atoms with Crippen LogP contribution in [0.4, 0.5) is 11.4 Å². The quantitative estimate of drug-likeness (QED) is 0.639. The summed E-state index contributed by atoms with van der Waals surface area (Å²) in [5, 5.41) is 13.9. The Bertz CT molecular complexity index is 1250. The van der Waals surface area contributed by atoms with Gasteiger partial charge in [0.1, 0.15) is 11.4 Å². The molecular weight excluding hydrogens is 422 g/mol. The molecule has 0 spiro atoms. The predicted molar refractivity (Wildman–Crippen MR) is 122 cm³/mol. The number of carbonyl (C=O) groups excluding carboxylic acids is 3. The smallest absolute Gasteiger partial charge is 0.277 e. The molecule has 1 fully saturated rings. The maximum Gasteiger partial charge on any atom is 0.277 e. The van der Waals surface area contributed by atoms with Crippen molar-refractivity contribution in [1.82, 2.24) is 9.78 Å². The van der Waals surface area contributed by atoms with Crippen molar-refractivity contribution in [3.63, 3.8) is 0 Å². The Hall–Kier alpha value is -4.14. The number of fused-ring (bicyclic) bond motifs is 1. The van der Waals surface area contributed by atoms with E-state index in [1.54, 1.807) is 21.9 Å². The first-order valence-corrected chi connectivity index (χ1v) is 10.9. The van der Waals surface area contributed by atoms with E-state index in [1.165, 1.54) is 16.8 Å². The molecule has 9 nitrogen and oxygen atoms in total. The van der Waals surface area contributed by atoms with Gasteiger partial charge in [0, 0.05) is 36.4 Å². The van der Waals surface area contributed by atoms with Crippen molar-refractivity contribution < 1.29 is 19.5 Å². The summed E-state index contributed by atoms with van der Waals surface area (Å²) in [6.45, 7) is 1.07. The van der Waals surface area contributed by atoms with Gasteiger partial charge < -0.3 is 20.6 Å². The minimum atomic E-state index is -0.694. The van der Waals surface area contributed by atoms with Gasteiger partial charge in [0.05, 0.1) is 5.69 Å². The largest absolute Gasteiger partial charge is 0.508 e. The molecule has 0 unspecified atom stereocenters. The summed E-state index contributed by atoms with van der Waals surface area (Å²) in [5.41, 5.74) is 8.44. The van der Waals surface area contributed by atoms with E-state index in [-0.39, 0.29) is 29.0 Å². The van der Waals surface area contributed by atoms with Crippen molar-refractivity contribution in [2.75, 3.05) is 22.9 Å². The SMILES string of the molecule is NC(=O)c1nn(-c2ccc(O)cc2)c2c1CCN(c1ccc(N3CCCCC3=O)cc1)C2=O. The first kappa shape index (κ1) is 20.7. The molecule has 0 atom stereocenters. The summed E-state index contributed by atoms with van der Waals surface area (Å²) in [6, 6.07) is 13.6. The monoisotopic (exact) mass is 445 g/mol. The summed E-state index contributed by atoms with van der Waals surface area (Å²) < 4.78 is 1.41. The lowest BCUT2D eigenvalue weighted by molar-refractivity contribution is -0.119. The van der Waals surface area contributed by atoms with Crippen molar-refractivity contribution in [3.05, 3.63) is 65.5 Å². The second kappa shape index (κ2) is 8.09. The molecule has 9 heteroatoms. The number of primary amides is 1. The third-order valence-electron chi connectivity index (χ3n) is 6.14. The molecule has 3 aromatic rings. The lowest BCUT2D eigenvalue weighted by Gasteiger charge is -2.29. The number of phenolic OH excluding ortho intramolecular Hbond substituents is 1. The second-order valence-corrected chi connectivity index (χ2v) is 8.19. The number of hydrogen-bond donors (Lipinski definition) is 2. The van der Waals surface area contributed by atoms with Gasteiger partial charge in [0.15, 0.2) is 5.69 Å². The first-order chi connectivity index (χ1) is 15.9. The fourth-order valence-electron chi connectivity index (χ4n) is 4.48. The van der Waals surface area contributed by atoms with E-state index in [0.717, 1.165) is 18.5 Å². The molecule has 2 aliphatic rings. The number of carbonyl (C=O) groups is 3. The van der Waals surface area contributed by atoms with Crippen molar-refractivity contribution in [3.8, 4) is 11.4 Å². The minimum absolute atomic E-state index is 0.0741. The molecule has 2 aromatic carbocycles. The van der Waals surface area contributed by atoms with Crippen molar-refractivity contribution in [2.24, 2.45) is 5.73 Å². The molecule has 0 saturated carbocycles. The molecule has 0 bridgehead atoms. The molecule has 0 radical (unpaired) electrons. The standard InChI is InChI=1S/C24H23N5O4/c25-23(32)21-19-12-14-28(16-6-4-15(5-7-16)27-13-2-1-3-20(27)31)24(33)22(19)29(26-21)17-8-10-18(30)11-9-17/h4-11,30H,1-3,12-14H2,(H2,25,32). The zero-order chi connectivity index (χ0) is 23.1. The molecule has 5 rings (SSSR count). The number of aromatic hydroxyl groups is 1. The highest BCUT2D eigenvalue weighted by atomic mass is 16.3. The Kier molecular flexibility index (Phi) is 5.08. The van der Waals surface area contributed by atoms with Gasteiger partial charge in [-0.05, 0) is 67.8 Å². The van der Waals surface area contributed by atoms with Crippen LogP contribution in [-0.2, 0) is 11.2 Å². The molecule has 0 aliphatic carbocycles. The molecule has 3 amide bonds. The number of nitrogens with zero attached hydrogens (tertiary/aromatic N) is 4. The summed E-state index contributed by atoms with van der Waals surface area (Å²) in [5.74, 6) is -0.800. The molecule has 3 N–H and O–H groups in total. The third-order valence-corrected chi connectivity index (χ3v) is 6.14. The van der Waals surface area contributed by atoms with Crippen LogP contribution in [0.15, 0.2) is 48.5 Å². The molecule has 168 valence electrons. The highest BCUT2D eigenvalue weighted by Gasteiger charge is 2.34. The zero-order valence-corrected chi connectivity index (χ0v) is 17.9. The summed E-state index contributed by atoms with van der Waals surface area (Å²) in [4.78, 5) is 41.2. The number of benzene rings is 2. The molecule has 33 heavy (non-hydrogen) atoms. The van der Waals surface area contributed by atoms with E-state index >= 15 is 0 Å². The fourth-order valence-corrected chi connectivity index (χ4v) is 4.48. The Morgan fingerprint density at radius 1 is 0.848 bits per heavy atom. The van der Waals surface area contributed by atoms with Gasteiger partial charge in [-0.3, -0.25) is 14.4 Å². The van der Waals surface area contributed by atoms with Gasteiger partial charge in [-0.2, -0.15) is 5.10 Å². The number of anilines is 2. The fraction of sp³-hybridized carbons (Fsp3) is 0.250. The summed E-state index contributed by atoms with van der Waals surface area (Å²) in [6.07, 6.45) is 2.87. The Balaban J connectivity index is 1.50. The minimum Gasteiger partial charge on any atom is -0.508 e. The molecule has 2 aliphatic heterocycles. The molecule has 1 saturated heterocycles. The van der Waals surface area contributed by atoms with Crippen LogP contribution in [-0.4, -0.2) is 45.7 Å². The molecule has 1 aromatic heterocycles. The Morgan fingerprint density at radius 2 is 1.48 bits per heavy atom. The summed E-state index contributed by atoms with van der Waals surface area (Å²) in [7, 11) is 0. The Morgan fingerprint density at radius 3 is 2.12 bits per heavy atom. The molecular formula is C24H23N5O4. The van der Waals surface area contributed by atoms with Gasteiger partial charge in [-0.1, -0.05) is 0 Å². The zero-order valence-electron chi connectivity index (χ0n) is 17.9. The first-order valence-electron chi connectivity index (χ1n) is 10.9. The van der Waals surface area contributed by atoms with Gasteiger partial charge in [0.2, 0.25) is 5.91 Å². The van der Waals surface area contributed by atoms with Crippen LogP contribution in [0.3, 0.4) is 0 Å². The van der Waals surface area contributed by atoms with Crippen LogP contribution < -0.4 is 15.5 Å². The number of phenols is 1. The predicted octanol–water partition coefficient (Wildman–Crippen LogP) is 2.40. The second-order valence-electron chi connectivity index (χ2n) is 8.19. The van der Waals surface area contributed by atoms with E-state index < -0.39 is 5.91 Å². The Labute approximate surface area is 190 Å². The van der Waals surface area contributed by atoms with Crippen LogP contribution in [0.1, 0.15) is 45.8 Å². The highest BCUT2D eigenvalue weighted by molar-refractivity contribution is 6.09. The summed E-state index contributed by atoms with van der Waals surface area (Å²) >= 11 is 0. The van der Waals surface area contributed by atoms with Crippen LogP contribution in [0.5, 0.6) is 5.75 Å². The van der Waals surface area contributed by atoms with E-state index in [2.05, 4.69) is 5.10 Å². The van der Waals surface area contributed by atoms with Gasteiger partial charge in [-0.25, -0.2) is 4.68 Å². The van der Waals surface area contributed by atoms with Gasteiger partial charge in [0.25, 0.3) is 11.8 Å². The van der Waals surface area contributed by atoms with E-state index in [1.807, 2.05) is 24.3 Å². The van der Waals surface area contributed by atoms with Crippen LogP contribution in [0.25, 0.3) is 5.69 Å². The average molecular weight is 445 g/mol. The highest BCUT2D eigenvalue weighted by Crippen LogP contribution is 2.31. The van der Waals surface area contributed by atoms with Gasteiger partial charge in [-0.15, -0.1) is 0 Å². The van der Waals surface area contributed by atoms with E-state index in [9.17, 15) is 19.5 Å². The van der Waals surface area contributed by atoms with E-state index in [0.29, 0.717) is 42.9 Å². The maximum atomic E-state index is 13.6. The lowest BCUT2D eigenvalue weighted by atomic mass is 10.0. The van der Waals surface area contributed by atoms with Crippen LogP contribution in [0.2, 0.25) is 0 Å². The van der Waals surface area contributed by atoms with Crippen LogP contribution >= 0.6 is 0 Å². The number of piperidine rings is 1. The van der Waals surface area contributed by atoms with Crippen molar-refractivity contribution in [1.29, 1.82) is 0 Å². The maximum absolute atomic E-state index is 13.6. The molecule has 3 heterocycles. The third kappa shape index (κ3) is 3.61. The average Bonchev–Trinajstić information content (AvgIpc) is 3.21. The normalized spacial score (nSPS) is 16.1. The number of hydrogen-bond acceptors (Lipinski definition) is 5. The van der Waals surface area contributed by atoms with E-state index in [4.69, 9.17) is 5.73 Å². The number of aromatic nitrogens is 2. The number of rotatable bonds is 4.